The molecule has 0 unspecified atom stereocenters. The number of rotatable bonds is 14. The molecule has 2 amide bonds. The minimum absolute atomic E-state index is 0.00474. The summed E-state index contributed by atoms with van der Waals surface area (Å²) in [5, 5.41) is 3.86. The topological polar surface area (TPSA) is 86.8 Å². The molecule has 0 saturated heterocycles. The van der Waals surface area contributed by atoms with Gasteiger partial charge in [0.1, 0.15) is 12.6 Å². The Kier molecular flexibility index (Phi) is 12.3. The minimum Gasteiger partial charge on any atom is -0.354 e. The van der Waals surface area contributed by atoms with Gasteiger partial charge in [-0.05, 0) is 73.4 Å². The first-order valence-corrected chi connectivity index (χ1v) is 17.4. The van der Waals surface area contributed by atoms with E-state index in [1.54, 1.807) is 55.5 Å². The number of unbranched alkanes of at least 4 members (excludes halogenated alkanes) is 1. The zero-order valence-corrected chi connectivity index (χ0v) is 28.6. The van der Waals surface area contributed by atoms with E-state index < -0.39 is 28.5 Å². The largest absolute Gasteiger partial charge is 0.354 e. The van der Waals surface area contributed by atoms with Crippen molar-refractivity contribution in [2.45, 2.75) is 57.5 Å². The molecule has 0 aliphatic carbocycles. The maximum atomic E-state index is 14.6. The van der Waals surface area contributed by atoms with Gasteiger partial charge in [0.2, 0.25) is 11.8 Å². The second kappa shape index (κ2) is 16.1. The highest BCUT2D eigenvalue weighted by Gasteiger charge is 2.35. The number of anilines is 1. The third-order valence-electron chi connectivity index (χ3n) is 7.71. The lowest BCUT2D eigenvalue weighted by Crippen LogP contribution is -2.53. The Morgan fingerprint density at radius 1 is 0.870 bits per heavy atom. The van der Waals surface area contributed by atoms with Crippen molar-refractivity contribution in [3.63, 3.8) is 0 Å². The summed E-state index contributed by atoms with van der Waals surface area (Å²) < 4.78 is 29.6. The lowest BCUT2D eigenvalue weighted by molar-refractivity contribution is -0.140. The van der Waals surface area contributed by atoms with Crippen molar-refractivity contribution in [2.75, 3.05) is 17.4 Å². The van der Waals surface area contributed by atoms with Crippen molar-refractivity contribution in [1.82, 2.24) is 10.2 Å². The van der Waals surface area contributed by atoms with Gasteiger partial charge in [0.15, 0.2) is 0 Å². The van der Waals surface area contributed by atoms with Crippen LogP contribution in [0.2, 0.25) is 10.0 Å². The summed E-state index contributed by atoms with van der Waals surface area (Å²) in [6.07, 6.45) is 1.89. The van der Waals surface area contributed by atoms with Gasteiger partial charge in [-0.3, -0.25) is 13.9 Å². The molecule has 7 nitrogen and oxygen atoms in total. The van der Waals surface area contributed by atoms with Gasteiger partial charge < -0.3 is 10.2 Å². The number of sulfonamides is 1. The molecule has 4 rings (SSSR count). The molecule has 0 saturated carbocycles. The number of hydrogen-bond donors (Lipinski definition) is 1. The van der Waals surface area contributed by atoms with Gasteiger partial charge >= 0.3 is 0 Å². The van der Waals surface area contributed by atoms with E-state index in [4.69, 9.17) is 23.2 Å². The Morgan fingerprint density at radius 2 is 1.54 bits per heavy atom. The predicted molar refractivity (Wildman–Crippen MR) is 186 cm³/mol. The van der Waals surface area contributed by atoms with Gasteiger partial charge in [-0.15, -0.1) is 0 Å². The molecular weight excluding hydrogens is 641 g/mol. The Bertz CT molecular complexity index is 1750. The van der Waals surface area contributed by atoms with Gasteiger partial charge in [0, 0.05) is 29.6 Å². The number of aryl methyl sites for hydroxylation is 2. The standard InChI is InChI=1S/C36H39Cl2N3O4S/c1-4-5-21-39-36(43)34(23-28-11-7-6-8-12-28)40(24-29-13-9-10-14-32(29)38)35(42)25-41(33-20-17-30(37)22-27(33)3)46(44,45)31-18-15-26(2)16-19-31/h6-20,22,34H,4-5,21,23-25H2,1-3H3,(H,39,43)/t34-/m0/s1. The summed E-state index contributed by atoms with van der Waals surface area (Å²) in [5.74, 6) is -0.884. The van der Waals surface area contributed by atoms with E-state index in [-0.39, 0.29) is 23.8 Å². The summed E-state index contributed by atoms with van der Waals surface area (Å²) in [6, 6.07) is 26.9. The van der Waals surface area contributed by atoms with Crippen molar-refractivity contribution in [2.24, 2.45) is 0 Å². The van der Waals surface area contributed by atoms with Gasteiger partial charge in [0.25, 0.3) is 10.0 Å². The average Bonchev–Trinajstić information content (AvgIpc) is 3.03. The van der Waals surface area contributed by atoms with Crippen LogP contribution in [0, 0.1) is 13.8 Å². The maximum Gasteiger partial charge on any atom is 0.264 e. The molecule has 4 aromatic rings. The Labute approximate surface area is 282 Å². The smallest absolute Gasteiger partial charge is 0.264 e. The van der Waals surface area contributed by atoms with Crippen molar-refractivity contribution in [3.8, 4) is 0 Å². The molecule has 0 bridgehead atoms. The van der Waals surface area contributed by atoms with E-state index in [1.165, 1.54) is 17.0 Å². The average molecular weight is 681 g/mol. The molecule has 4 aromatic carbocycles. The molecule has 0 radical (unpaired) electrons. The van der Waals surface area contributed by atoms with Crippen LogP contribution in [-0.2, 0) is 32.6 Å². The molecule has 1 atom stereocenters. The van der Waals surface area contributed by atoms with Crippen LogP contribution in [0.4, 0.5) is 5.69 Å². The fraction of sp³-hybridized carbons (Fsp3) is 0.278. The second-order valence-corrected chi connectivity index (χ2v) is 13.9. The van der Waals surface area contributed by atoms with E-state index in [9.17, 15) is 18.0 Å². The predicted octanol–water partition coefficient (Wildman–Crippen LogP) is 7.36. The van der Waals surface area contributed by atoms with E-state index in [1.807, 2.05) is 50.2 Å². The van der Waals surface area contributed by atoms with Crippen molar-refractivity contribution < 1.29 is 18.0 Å². The van der Waals surface area contributed by atoms with Crippen LogP contribution in [0.5, 0.6) is 0 Å². The Morgan fingerprint density at radius 3 is 2.20 bits per heavy atom. The first-order chi connectivity index (χ1) is 22.0. The fourth-order valence-corrected chi connectivity index (χ4v) is 7.02. The van der Waals surface area contributed by atoms with Gasteiger partial charge in [0.05, 0.1) is 10.6 Å². The summed E-state index contributed by atoms with van der Waals surface area (Å²) in [7, 11) is -4.22. The van der Waals surface area contributed by atoms with Crippen LogP contribution >= 0.6 is 23.2 Å². The first-order valence-electron chi connectivity index (χ1n) is 15.2. The van der Waals surface area contributed by atoms with Crippen molar-refractivity contribution in [1.29, 1.82) is 0 Å². The molecule has 1 N–H and O–H groups in total. The number of halogens is 2. The zero-order chi connectivity index (χ0) is 33.3. The minimum atomic E-state index is -4.22. The van der Waals surface area contributed by atoms with E-state index in [0.717, 1.165) is 28.3 Å². The van der Waals surface area contributed by atoms with E-state index in [2.05, 4.69) is 5.32 Å². The molecule has 242 valence electrons. The van der Waals surface area contributed by atoms with Crippen LogP contribution < -0.4 is 9.62 Å². The molecule has 46 heavy (non-hydrogen) atoms. The number of amides is 2. The van der Waals surface area contributed by atoms with Gasteiger partial charge in [-0.25, -0.2) is 8.42 Å². The van der Waals surface area contributed by atoms with Crippen molar-refractivity contribution >= 4 is 50.7 Å². The highest BCUT2D eigenvalue weighted by atomic mass is 35.5. The molecule has 0 aromatic heterocycles. The number of benzene rings is 4. The third-order valence-corrected chi connectivity index (χ3v) is 10.1. The quantitative estimate of drug-likeness (QED) is 0.141. The zero-order valence-electron chi connectivity index (χ0n) is 26.2. The van der Waals surface area contributed by atoms with Crippen LogP contribution in [0.15, 0.2) is 102 Å². The first kappa shape index (κ1) is 35.0. The fourth-order valence-electron chi connectivity index (χ4n) is 5.12. The lowest BCUT2D eigenvalue weighted by atomic mass is 10.0. The summed E-state index contributed by atoms with van der Waals surface area (Å²) in [4.78, 5) is 29.9. The Balaban J connectivity index is 1.82. The molecule has 0 spiro atoms. The highest BCUT2D eigenvalue weighted by Crippen LogP contribution is 2.30. The number of nitrogens with zero attached hydrogens (tertiary/aromatic N) is 2. The molecule has 0 aliphatic rings. The van der Waals surface area contributed by atoms with Crippen LogP contribution in [-0.4, -0.2) is 44.3 Å². The van der Waals surface area contributed by atoms with Gasteiger partial charge in [-0.2, -0.15) is 0 Å². The summed E-state index contributed by atoms with van der Waals surface area (Å²) in [5.41, 5.74) is 3.27. The maximum absolute atomic E-state index is 14.6. The van der Waals surface area contributed by atoms with E-state index >= 15 is 0 Å². The number of carbonyl (C=O) groups is 2. The van der Waals surface area contributed by atoms with Crippen molar-refractivity contribution in [3.05, 3.63) is 129 Å². The number of hydrogen-bond acceptors (Lipinski definition) is 4. The second-order valence-electron chi connectivity index (χ2n) is 11.2. The molecule has 0 heterocycles. The number of nitrogens with one attached hydrogen (secondary N) is 1. The SMILES string of the molecule is CCCCNC(=O)[C@H](Cc1ccccc1)N(Cc1ccccc1Cl)C(=O)CN(c1ccc(Cl)cc1C)S(=O)(=O)c1ccc(C)cc1. The number of carbonyl (C=O) groups excluding carboxylic acids is 2. The van der Waals surface area contributed by atoms with Crippen LogP contribution in [0.1, 0.15) is 42.0 Å². The highest BCUT2D eigenvalue weighted by molar-refractivity contribution is 7.92. The van der Waals surface area contributed by atoms with E-state index in [0.29, 0.717) is 33.4 Å². The molecule has 0 fully saturated rings. The lowest BCUT2D eigenvalue weighted by Gasteiger charge is -2.34. The summed E-state index contributed by atoms with van der Waals surface area (Å²) >= 11 is 12.8. The molecular formula is C36H39Cl2N3O4S. The normalized spacial score (nSPS) is 11.9. The van der Waals surface area contributed by atoms with Crippen LogP contribution in [0.3, 0.4) is 0 Å². The van der Waals surface area contributed by atoms with Crippen LogP contribution in [0.25, 0.3) is 0 Å². The van der Waals surface area contributed by atoms with Gasteiger partial charge in [-0.1, -0.05) is 103 Å². The molecule has 10 heteroatoms. The third kappa shape index (κ3) is 8.90. The molecule has 0 aliphatic heterocycles. The summed E-state index contributed by atoms with van der Waals surface area (Å²) in [6.45, 7) is 5.53. The Hall–Kier alpha value is -3.85. The monoisotopic (exact) mass is 679 g/mol.